The topological polar surface area (TPSA) is 37.3 Å². The average molecular weight is 179 g/mol. The molecule has 0 amide bonds. The summed E-state index contributed by atoms with van der Waals surface area (Å²) in [7, 11) is 1.87. The zero-order valence-electron chi connectivity index (χ0n) is 8.70. The number of rotatable bonds is 2. The first-order valence-corrected chi connectivity index (χ1v) is 4.49. The highest BCUT2D eigenvalue weighted by Crippen LogP contribution is 2.21. The van der Waals surface area contributed by atoms with Crippen molar-refractivity contribution >= 4 is 17.6 Å². The van der Waals surface area contributed by atoms with Crippen LogP contribution in [0.3, 0.4) is 0 Å². The summed E-state index contributed by atoms with van der Waals surface area (Å²) < 4.78 is 0. The summed E-state index contributed by atoms with van der Waals surface area (Å²) in [5.41, 5.74) is 1.87. The van der Waals surface area contributed by atoms with Gasteiger partial charge < -0.3 is 5.32 Å². The molecule has 0 fully saturated rings. The van der Waals surface area contributed by atoms with Crippen LogP contribution in [-0.2, 0) is 0 Å². The highest BCUT2D eigenvalue weighted by atomic mass is 14.9. The normalized spacial score (nSPS) is 9.23. The van der Waals surface area contributed by atoms with Crippen LogP contribution >= 0.6 is 0 Å². The number of aromatic nitrogens is 1. The lowest BCUT2D eigenvalue weighted by molar-refractivity contribution is 1.29. The summed E-state index contributed by atoms with van der Waals surface area (Å²) in [5, 5.41) is 3.03. The van der Waals surface area contributed by atoms with E-state index < -0.39 is 0 Å². The van der Waals surface area contributed by atoms with Crippen LogP contribution in [0.15, 0.2) is 23.5 Å². The lowest BCUT2D eigenvalue weighted by Crippen LogP contribution is -1.88. The SMILES string of the molecule is CC.CC=Nc1cnccc1NC. The van der Waals surface area contributed by atoms with Crippen molar-refractivity contribution in [3.63, 3.8) is 0 Å². The van der Waals surface area contributed by atoms with Gasteiger partial charge in [-0.25, -0.2) is 0 Å². The van der Waals surface area contributed by atoms with Gasteiger partial charge in [-0.15, -0.1) is 0 Å². The van der Waals surface area contributed by atoms with Crippen LogP contribution in [0.1, 0.15) is 20.8 Å². The fraction of sp³-hybridized carbons (Fsp3) is 0.400. The Bertz CT molecular complexity index is 256. The predicted octanol–water partition coefficient (Wildman–Crippen LogP) is 2.87. The summed E-state index contributed by atoms with van der Waals surface area (Å²) >= 11 is 0. The quantitative estimate of drug-likeness (QED) is 0.709. The summed E-state index contributed by atoms with van der Waals surface area (Å²) in [6, 6.07) is 1.89. The minimum atomic E-state index is 0.873. The van der Waals surface area contributed by atoms with E-state index >= 15 is 0 Å². The van der Waals surface area contributed by atoms with Crippen molar-refractivity contribution in [1.29, 1.82) is 0 Å². The Kier molecular flexibility index (Phi) is 6.51. The standard InChI is InChI=1S/C8H11N3.C2H6/c1-3-11-8-6-10-5-4-7(8)9-2;1-2/h3-6H,1-2H3,(H,9,10);1-2H3. The first-order chi connectivity index (χ1) is 6.38. The second-order valence-corrected chi connectivity index (χ2v) is 2.03. The van der Waals surface area contributed by atoms with Crippen LogP contribution < -0.4 is 5.32 Å². The van der Waals surface area contributed by atoms with Gasteiger partial charge in [0.25, 0.3) is 0 Å². The average Bonchev–Trinajstić information content (AvgIpc) is 2.22. The smallest absolute Gasteiger partial charge is 0.104 e. The van der Waals surface area contributed by atoms with E-state index in [4.69, 9.17) is 0 Å². The molecule has 0 unspecified atom stereocenters. The molecule has 0 aliphatic heterocycles. The highest BCUT2D eigenvalue weighted by Gasteiger charge is 1.94. The highest BCUT2D eigenvalue weighted by molar-refractivity contribution is 5.70. The molecule has 1 N–H and O–H groups in total. The molecule has 3 heteroatoms. The fourth-order valence-electron chi connectivity index (χ4n) is 0.839. The number of anilines is 1. The molecule has 3 nitrogen and oxygen atoms in total. The van der Waals surface area contributed by atoms with Crippen molar-refractivity contribution < 1.29 is 0 Å². The number of aliphatic imine (C=N–C) groups is 1. The van der Waals surface area contributed by atoms with Gasteiger partial charge in [0.15, 0.2) is 0 Å². The van der Waals surface area contributed by atoms with Gasteiger partial charge in [0.05, 0.1) is 11.9 Å². The zero-order chi connectivity index (χ0) is 10.1. The van der Waals surface area contributed by atoms with Crippen LogP contribution in [-0.4, -0.2) is 18.2 Å². The molecule has 0 saturated heterocycles. The monoisotopic (exact) mass is 179 g/mol. The van der Waals surface area contributed by atoms with Crippen LogP contribution in [0.5, 0.6) is 0 Å². The molecule has 0 bridgehead atoms. The summed E-state index contributed by atoms with van der Waals surface area (Å²) in [6.45, 7) is 5.88. The van der Waals surface area contributed by atoms with E-state index in [1.807, 2.05) is 33.9 Å². The van der Waals surface area contributed by atoms with E-state index in [-0.39, 0.29) is 0 Å². The number of pyridine rings is 1. The van der Waals surface area contributed by atoms with Gasteiger partial charge in [-0.2, -0.15) is 0 Å². The first-order valence-electron chi connectivity index (χ1n) is 4.49. The second kappa shape index (κ2) is 7.28. The van der Waals surface area contributed by atoms with Gasteiger partial charge in [-0.3, -0.25) is 9.98 Å². The Labute approximate surface area is 79.9 Å². The molecule has 72 valence electrons. The zero-order valence-corrected chi connectivity index (χ0v) is 8.70. The van der Waals surface area contributed by atoms with Gasteiger partial charge in [-0.1, -0.05) is 13.8 Å². The maximum atomic E-state index is 4.13. The third-order valence-electron chi connectivity index (χ3n) is 1.34. The Morgan fingerprint density at radius 1 is 1.46 bits per heavy atom. The lowest BCUT2D eigenvalue weighted by atomic mass is 10.3. The largest absolute Gasteiger partial charge is 0.386 e. The van der Waals surface area contributed by atoms with Gasteiger partial charge >= 0.3 is 0 Å². The van der Waals surface area contributed by atoms with Gasteiger partial charge in [0.1, 0.15) is 5.69 Å². The minimum absolute atomic E-state index is 0.873. The number of nitrogens with one attached hydrogen (secondary N) is 1. The molecule has 0 aliphatic carbocycles. The Balaban J connectivity index is 0.000000671. The summed E-state index contributed by atoms with van der Waals surface area (Å²) in [6.07, 6.45) is 5.21. The molecule has 0 radical (unpaired) electrons. The third kappa shape index (κ3) is 3.69. The molecule has 1 aromatic heterocycles. The van der Waals surface area contributed by atoms with Crippen molar-refractivity contribution in [3.05, 3.63) is 18.5 Å². The summed E-state index contributed by atoms with van der Waals surface area (Å²) in [4.78, 5) is 8.09. The van der Waals surface area contributed by atoms with Crippen molar-refractivity contribution in [2.24, 2.45) is 4.99 Å². The van der Waals surface area contributed by atoms with E-state index in [0.29, 0.717) is 0 Å². The number of nitrogens with zero attached hydrogens (tertiary/aromatic N) is 2. The third-order valence-corrected chi connectivity index (χ3v) is 1.34. The number of hydrogen-bond acceptors (Lipinski definition) is 3. The van der Waals surface area contributed by atoms with Gasteiger partial charge in [-0.05, 0) is 13.0 Å². The van der Waals surface area contributed by atoms with Crippen molar-refractivity contribution in [2.75, 3.05) is 12.4 Å². The summed E-state index contributed by atoms with van der Waals surface area (Å²) in [5.74, 6) is 0. The maximum absolute atomic E-state index is 4.13. The molecular formula is C10H17N3. The van der Waals surface area contributed by atoms with Crippen LogP contribution in [0.4, 0.5) is 11.4 Å². The molecule has 1 heterocycles. The molecular weight excluding hydrogens is 162 g/mol. The molecule has 0 aliphatic rings. The molecule has 0 saturated carbocycles. The van der Waals surface area contributed by atoms with E-state index in [2.05, 4.69) is 15.3 Å². The Hall–Kier alpha value is -1.38. The van der Waals surface area contributed by atoms with E-state index in [1.54, 1.807) is 18.6 Å². The van der Waals surface area contributed by atoms with Crippen LogP contribution in [0, 0.1) is 0 Å². The van der Waals surface area contributed by atoms with Crippen molar-refractivity contribution in [2.45, 2.75) is 20.8 Å². The van der Waals surface area contributed by atoms with E-state index in [0.717, 1.165) is 11.4 Å². The van der Waals surface area contributed by atoms with E-state index in [1.165, 1.54) is 0 Å². The van der Waals surface area contributed by atoms with Crippen LogP contribution in [0.25, 0.3) is 0 Å². The van der Waals surface area contributed by atoms with Crippen LogP contribution in [0.2, 0.25) is 0 Å². The molecule has 0 aromatic carbocycles. The van der Waals surface area contributed by atoms with Crippen molar-refractivity contribution in [1.82, 2.24) is 4.98 Å². The first kappa shape index (κ1) is 11.6. The van der Waals surface area contributed by atoms with E-state index in [9.17, 15) is 0 Å². The molecule has 0 spiro atoms. The molecule has 1 aromatic rings. The fourth-order valence-corrected chi connectivity index (χ4v) is 0.839. The second-order valence-electron chi connectivity index (χ2n) is 2.03. The minimum Gasteiger partial charge on any atom is -0.386 e. The van der Waals surface area contributed by atoms with Gasteiger partial charge in [0.2, 0.25) is 0 Å². The van der Waals surface area contributed by atoms with Gasteiger partial charge in [0, 0.05) is 19.5 Å². The molecule has 0 atom stereocenters. The lowest BCUT2D eigenvalue weighted by Gasteiger charge is -2.01. The maximum Gasteiger partial charge on any atom is 0.104 e. The van der Waals surface area contributed by atoms with Crippen molar-refractivity contribution in [3.8, 4) is 0 Å². The Morgan fingerprint density at radius 3 is 2.69 bits per heavy atom. The molecule has 13 heavy (non-hydrogen) atoms. The Morgan fingerprint density at radius 2 is 2.15 bits per heavy atom. The number of hydrogen-bond donors (Lipinski definition) is 1. The predicted molar refractivity (Wildman–Crippen MR) is 59.0 cm³/mol. The molecule has 1 rings (SSSR count).